The first-order chi connectivity index (χ1) is 10.9. The lowest BCUT2D eigenvalue weighted by Crippen LogP contribution is -2.31. The molecule has 0 aliphatic carbocycles. The summed E-state index contributed by atoms with van der Waals surface area (Å²) in [6.07, 6.45) is 1.39. The van der Waals surface area contributed by atoms with Crippen molar-refractivity contribution in [1.29, 1.82) is 0 Å². The average Bonchev–Trinajstić information content (AvgIpc) is 2.86. The van der Waals surface area contributed by atoms with Gasteiger partial charge in [0.25, 0.3) is 0 Å². The number of amides is 1. The van der Waals surface area contributed by atoms with Crippen LogP contribution in [0.25, 0.3) is 0 Å². The number of ether oxygens (including phenoxy) is 1. The fraction of sp³-hybridized carbons (Fsp3) is 0.588. The Hall–Kier alpha value is -1.56. The predicted molar refractivity (Wildman–Crippen MR) is 90.0 cm³/mol. The zero-order valence-corrected chi connectivity index (χ0v) is 14.6. The molecule has 1 aliphatic heterocycles. The van der Waals surface area contributed by atoms with Crippen molar-refractivity contribution in [2.45, 2.75) is 33.2 Å². The minimum absolute atomic E-state index is 0.0363. The number of carbonyl (C=O) groups is 1. The number of benzene rings is 1. The lowest BCUT2D eigenvalue weighted by Gasteiger charge is -2.14. The van der Waals surface area contributed by atoms with E-state index in [1.54, 1.807) is 0 Å². The standard InChI is InChI=1S/C17H25NO4S/c1-13(2)7-9-22-16-6-4-3-5-14(16)11-18-17(19)15-8-10-23(20,21)12-15/h3-6,13,15H,7-12H2,1-2H3,(H,18,19). The van der Waals surface area contributed by atoms with Gasteiger partial charge in [0.2, 0.25) is 5.91 Å². The molecule has 1 amide bonds. The fourth-order valence-corrected chi connectivity index (χ4v) is 4.27. The van der Waals surface area contributed by atoms with E-state index in [9.17, 15) is 13.2 Å². The molecule has 128 valence electrons. The van der Waals surface area contributed by atoms with Crippen LogP contribution in [0.5, 0.6) is 5.75 Å². The zero-order valence-electron chi connectivity index (χ0n) is 13.7. The van der Waals surface area contributed by atoms with Crippen molar-refractivity contribution >= 4 is 15.7 Å². The molecule has 1 atom stereocenters. The summed E-state index contributed by atoms with van der Waals surface area (Å²) < 4.78 is 28.7. The summed E-state index contributed by atoms with van der Waals surface area (Å²) in [5.74, 6) is 0.807. The Kier molecular flexibility index (Phi) is 6.04. The molecule has 0 saturated carbocycles. The Balaban J connectivity index is 1.89. The summed E-state index contributed by atoms with van der Waals surface area (Å²) >= 11 is 0. The molecule has 1 aromatic carbocycles. The minimum Gasteiger partial charge on any atom is -0.493 e. The Morgan fingerprint density at radius 2 is 2.09 bits per heavy atom. The van der Waals surface area contributed by atoms with E-state index in [0.717, 1.165) is 17.7 Å². The molecular weight excluding hydrogens is 314 g/mol. The summed E-state index contributed by atoms with van der Waals surface area (Å²) in [7, 11) is -3.04. The van der Waals surface area contributed by atoms with Crippen molar-refractivity contribution in [3.8, 4) is 5.75 Å². The van der Waals surface area contributed by atoms with Crippen LogP contribution < -0.4 is 10.1 Å². The number of hydrogen-bond acceptors (Lipinski definition) is 4. The molecule has 0 bridgehead atoms. The van der Waals surface area contributed by atoms with Crippen LogP contribution in [-0.2, 0) is 21.2 Å². The van der Waals surface area contributed by atoms with Gasteiger partial charge in [-0.2, -0.15) is 0 Å². The lowest BCUT2D eigenvalue weighted by molar-refractivity contribution is -0.124. The van der Waals surface area contributed by atoms with Crippen molar-refractivity contribution in [1.82, 2.24) is 5.32 Å². The predicted octanol–water partition coefficient (Wildman–Crippen LogP) is 2.16. The van der Waals surface area contributed by atoms with Crippen LogP contribution in [0.1, 0.15) is 32.3 Å². The molecule has 1 unspecified atom stereocenters. The molecule has 1 fully saturated rings. The Morgan fingerprint density at radius 1 is 1.35 bits per heavy atom. The molecule has 2 rings (SSSR count). The van der Waals surface area contributed by atoms with Gasteiger partial charge >= 0.3 is 0 Å². The second kappa shape index (κ2) is 7.81. The van der Waals surface area contributed by atoms with Gasteiger partial charge in [0.1, 0.15) is 5.75 Å². The Bertz CT molecular complexity index is 640. The van der Waals surface area contributed by atoms with Crippen LogP contribution in [0.15, 0.2) is 24.3 Å². The van der Waals surface area contributed by atoms with Gasteiger partial charge in [0, 0.05) is 12.1 Å². The van der Waals surface area contributed by atoms with Crippen molar-refractivity contribution in [3.63, 3.8) is 0 Å². The van der Waals surface area contributed by atoms with Crippen molar-refractivity contribution in [2.24, 2.45) is 11.8 Å². The summed E-state index contributed by atoms with van der Waals surface area (Å²) in [5.41, 5.74) is 0.908. The minimum atomic E-state index is -3.04. The summed E-state index contributed by atoms with van der Waals surface area (Å²) in [5, 5.41) is 2.83. The van der Waals surface area contributed by atoms with E-state index in [4.69, 9.17) is 4.74 Å². The second-order valence-corrected chi connectivity index (χ2v) is 8.69. The highest BCUT2D eigenvalue weighted by atomic mass is 32.2. The van der Waals surface area contributed by atoms with Crippen LogP contribution >= 0.6 is 0 Å². The van der Waals surface area contributed by atoms with Crippen LogP contribution in [0.2, 0.25) is 0 Å². The maximum absolute atomic E-state index is 12.1. The molecule has 1 N–H and O–H groups in total. The number of sulfone groups is 1. The van der Waals surface area contributed by atoms with E-state index in [1.165, 1.54) is 0 Å². The van der Waals surface area contributed by atoms with Crippen molar-refractivity contribution in [2.75, 3.05) is 18.1 Å². The Morgan fingerprint density at radius 3 is 2.74 bits per heavy atom. The molecule has 1 saturated heterocycles. The maximum atomic E-state index is 12.1. The Labute approximate surface area is 138 Å². The summed E-state index contributed by atoms with van der Waals surface area (Å²) in [6.45, 7) is 5.28. The lowest BCUT2D eigenvalue weighted by atomic mass is 10.1. The third-order valence-electron chi connectivity index (χ3n) is 3.98. The first-order valence-corrected chi connectivity index (χ1v) is 9.88. The maximum Gasteiger partial charge on any atom is 0.224 e. The molecule has 0 spiro atoms. The molecule has 5 nitrogen and oxygen atoms in total. The van der Waals surface area contributed by atoms with E-state index in [-0.39, 0.29) is 17.4 Å². The third-order valence-corrected chi connectivity index (χ3v) is 5.75. The first kappa shape index (κ1) is 17.8. The number of rotatable bonds is 7. The van der Waals surface area contributed by atoms with E-state index < -0.39 is 15.8 Å². The van der Waals surface area contributed by atoms with Crippen LogP contribution in [-0.4, -0.2) is 32.4 Å². The van der Waals surface area contributed by atoms with E-state index in [2.05, 4.69) is 19.2 Å². The SMILES string of the molecule is CC(C)CCOc1ccccc1CNC(=O)C1CCS(=O)(=O)C1. The van der Waals surface area contributed by atoms with Gasteiger partial charge in [0.05, 0.1) is 24.0 Å². The third kappa shape index (κ3) is 5.53. The molecule has 0 radical (unpaired) electrons. The quantitative estimate of drug-likeness (QED) is 0.826. The molecule has 1 heterocycles. The highest BCUT2D eigenvalue weighted by molar-refractivity contribution is 7.91. The molecule has 6 heteroatoms. The van der Waals surface area contributed by atoms with Gasteiger partial charge in [-0.1, -0.05) is 32.0 Å². The molecule has 0 aromatic heterocycles. The normalized spacial score (nSPS) is 19.7. The highest BCUT2D eigenvalue weighted by Crippen LogP contribution is 2.21. The summed E-state index contributed by atoms with van der Waals surface area (Å²) in [6, 6.07) is 7.61. The van der Waals surface area contributed by atoms with Gasteiger partial charge in [-0.25, -0.2) is 8.42 Å². The van der Waals surface area contributed by atoms with Gasteiger partial charge in [-0.05, 0) is 24.8 Å². The van der Waals surface area contributed by atoms with Crippen LogP contribution in [0.3, 0.4) is 0 Å². The molecule has 1 aliphatic rings. The number of hydrogen-bond donors (Lipinski definition) is 1. The largest absolute Gasteiger partial charge is 0.493 e. The topological polar surface area (TPSA) is 72.5 Å². The van der Waals surface area contributed by atoms with Gasteiger partial charge in [-0.3, -0.25) is 4.79 Å². The van der Waals surface area contributed by atoms with E-state index >= 15 is 0 Å². The monoisotopic (exact) mass is 339 g/mol. The fourth-order valence-electron chi connectivity index (χ4n) is 2.52. The van der Waals surface area contributed by atoms with Gasteiger partial charge in [0.15, 0.2) is 9.84 Å². The number of carbonyl (C=O) groups excluding carboxylic acids is 1. The molecule has 1 aromatic rings. The molecular formula is C17H25NO4S. The van der Waals surface area contributed by atoms with E-state index in [0.29, 0.717) is 25.5 Å². The number of nitrogens with one attached hydrogen (secondary N) is 1. The van der Waals surface area contributed by atoms with Gasteiger partial charge in [-0.15, -0.1) is 0 Å². The molecule has 23 heavy (non-hydrogen) atoms. The highest BCUT2D eigenvalue weighted by Gasteiger charge is 2.32. The smallest absolute Gasteiger partial charge is 0.224 e. The van der Waals surface area contributed by atoms with Crippen molar-refractivity contribution < 1.29 is 17.9 Å². The summed E-state index contributed by atoms with van der Waals surface area (Å²) in [4.78, 5) is 12.1. The second-order valence-electron chi connectivity index (χ2n) is 6.46. The van der Waals surface area contributed by atoms with Crippen molar-refractivity contribution in [3.05, 3.63) is 29.8 Å². The zero-order chi connectivity index (χ0) is 16.9. The number of para-hydroxylation sites is 1. The first-order valence-electron chi connectivity index (χ1n) is 8.06. The average molecular weight is 339 g/mol. The van der Waals surface area contributed by atoms with Crippen LogP contribution in [0.4, 0.5) is 0 Å². The van der Waals surface area contributed by atoms with Crippen LogP contribution in [0, 0.1) is 11.8 Å². The van der Waals surface area contributed by atoms with Gasteiger partial charge < -0.3 is 10.1 Å². The van der Waals surface area contributed by atoms with E-state index in [1.807, 2.05) is 24.3 Å².